The summed E-state index contributed by atoms with van der Waals surface area (Å²) in [5.41, 5.74) is 1.65. The van der Waals surface area contributed by atoms with E-state index in [0.717, 1.165) is 54.4 Å². The van der Waals surface area contributed by atoms with Gasteiger partial charge in [-0.05, 0) is 37.5 Å². The molecule has 0 N–H and O–H groups in total. The molecule has 4 heteroatoms. The molecule has 1 saturated heterocycles. The van der Waals surface area contributed by atoms with Crippen molar-refractivity contribution in [3.63, 3.8) is 0 Å². The highest BCUT2D eigenvalue weighted by molar-refractivity contribution is 9.10. The van der Waals surface area contributed by atoms with Crippen LogP contribution >= 0.6 is 15.9 Å². The van der Waals surface area contributed by atoms with E-state index >= 15 is 0 Å². The molecule has 1 atom stereocenters. The highest BCUT2D eigenvalue weighted by Gasteiger charge is 2.40. The lowest BCUT2D eigenvalue weighted by Crippen LogP contribution is -2.41. The largest absolute Gasteiger partial charge is 0.489 e. The van der Waals surface area contributed by atoms with Crippen LogP contribution in [0.25, 0.3) is 0 Å². The number of carbonyl (C=O) groups excluding carboxylic acids is 1. The van der Waals surface area contributed by atoms with Crippen LogP contribution in [0, 0.1) is 6.92 Å². The van der Waals surface area contributed by atoms with Gasteiger partial charge in [-0.25, -0.2) is 0 Å². The Morgan fingerprint density at radius 1 is 1.38 bits per heavy atom. The first-order valence-electron chi connectivity index (χ1n) is 7.68. The molecule has 1 heterocycles. The van der Waals surface area contributed by atoms with Crippen LogP contribution in [0.1, 0.15) is 54.4 Å². The number of ether oxygens (including phenoxy) is 2. The molecule has 1 spiro atoms. The van der Waals surface area contributed by atoms with E-state index in [0.29, 0.717) is 5.56 Å². The van der Waals surface area contributed by atoms with Gasteiger partial charge in [-0.2, -0.15) is 0 Å². The van der Waals surface area contributed by atoms with Gasteiger partial charge in [0.05, 0.1) is 17.8 Å². The van der Waals surface area contributed by atoms with Gasteiger partial charge >= 0.3 is 0 Å². The Morgan fingerprint density at radius 3 is 2.86 bits per heavy atom. The summed E-state index contributed by atoms with van der Waals surface area (Å²) in [6, 6.07) is 3.81. The first kappa shape index (κ1) is 15.0. The lowest BCUT2D eigenvalue weighted by Gasteiger charge is -2.38. The molecule has 1 aliphatic carbocycles. The fraction of sp³-hybridized carbons (Fsp3) is 0.588. The van der Waals surface area contributed by atoms with Crippen molar-refractivity contribution in [2.45, 2.75) is 57.2 Å². The zero-order valence-corrected chi connectivity index (χ0v) is 13.9. The Bertz CT molecular complexity index is 535. The topological polar surface area (TPSA) is 35.5 Å². The Hall–Kier alpha value is -0.870. The number of aryl methyl sites for hydroxylation is 1. The van der Waals surface area contributed by atoms with E-state index in [1.54, 1.807) is 0 Å². The van der Waals surface area contributed by atoms with Gasteiger partial charge in [-0.3, -0.25) is 4.79 Å². The second kappa shape index (κ2) is 6.09. The highest BCUT2D eigenvalue weighted by Crippen LogP contribution is 2.41. The summed E-state index contributed by atoms with van der Waals surface area (Å²) in [6.07, 6.45) is 7.66. The summed E-state index contributed by atoms with van der Waals surface area (Å²) >= 11 is 3.43. The van der Waals surface area contributed by atoms with Crippen LogP contribution in [0.5, 0.6) is 5.75 Å². The standard InChI is InChI=1S/C17H21BrO3/c1-12-8-14(18)9-13(11-19)16(12)21-15-4-7-20-17(10-15)5-2-3-6-17/h8-9,11,15H,2-7,10H2,1H3. The molecule has 1 aliphatic heterocycles. The van der Waals surface area contributed by atoms with Crippen molar-refractivity contribution in [1.29, 1.82) is 0 Å². The third-order valence-corrected chi connectivity index (χ3v) is 5.10. The first-order chi connectivity index (χ1) is 10.1. The lowest BCUT2D eigenvalue weighted by atomic mass is 9.90. The predicted octanol–water partition coefficient (Wildman–Crippen LogP) is 4.44. The van der Waals surface area contributed by atoms with Crippen molar-refractivity contribution in [2.75, 3.05) is 6.61 Å². The Balaban J connectivity index is 1.78. The van der Waals surface area contributed by atoms with E-state index in [9.17, 15) is 4.79 Å². The van der Waals surface area contributed by atoms with E-state index in [4.69, 9.17) is 9.47 Å². The molecular formula is C17H21BrO3. The molecule has 1 saturated carbocycles. The van der Waals surface area contributed by atoms with Crippen molar-refractivity contribution in [1.82, 2.24) is 0 Å². The van der Waals surface area contributed by atoms with Gasteiger partial charge in [0.2, 0.25) is 0 Å². The Labute approximate surface area is 134 Å². The summed E-state index contributed by atoms with van der Waals surface area (Å²) in [7, 11) is 0. The minimum absolute atomic E-state index is 0.0352. The SMILES string of the molecule is Cc1cc(Br)cc(C=O)c1OC1CCOC2(CCCC2)C1. The summed E-state index contributed by atoms with van der Waals surface area (Å²) in [6.45, 7) is 2.74. The molecule has 3 rings (SSSR count). The summed E-state index contributed by atoms with van der Waals surface area (Å²) in [5.74, 6) is 0.730. The number of hydrogen-bond acceptors (Lipinski definition) is 3. The molecule has 0 radical (unpaired) electrons. The maximum Gasteiger partial charge on any atom is 0.153 e. The van der Waals surface area contributed by atoms with Gasteiger partial charge in [0.1, 0.15) is 11.9 Å². The van der Waals surface area contributed by atoms with E-state index in [1.807, 2.05) is 19.1 Å². The van der Waals surface area contributed by atoms with Crippen molar-refractivity contribution in [3.8, 4) is 5.75 Å². The molecule has 1 aromatic carbocycles. The van der Waals surface area contributed by atoms with Gasteiger partial charge in [0.15, 0.2) is 6.29 Å². The Morgan fingerprint density at radius 2 is 2.14 bits per heavy atom. The van der Waals surface area contributed by atoms with Gasteiger partial charge in [-0.15, -0.1) is 0 Å². The lowest BCUT2D eigenvalue weighted by molar-refractivity contribution is -0.108. The van der Waals surface area contributed by atoms with E-state index in [-0.39, 0.29) is 11.7 Å². The van der Waals surface area contributed by atoms with E-state index in [2.05, 4.69) is 15.9 Å². The maximum atomic E-state index is 11.3. The zero-order valence-electron chi connectivity index (χ0n) is 12.4. The molecular weight excluding hydrogens is 332 g/mol. The van der Waals surface area contributed by atoms with Crippen LogP contribution in [0.4, 0.5) is 0 Å². The molecule has 0 amide bonds. The average molecular weight is 353 g/mol. The summed E-state index contributed by atoms with van der Waals surface area (Å²) < 4.78 is 13.2. The minimum atomic E-state index is 0.0352. The molecule has 0 bridgehead atoms. The monoisotopic (exact) mass is 352 g/mol. The average Bonchev–Trinajstić information content (AvgIpc) is 2.89. The van der Waals surface area contributed by atoms with Crippen LogP contribution < -0.4 is 4.74 Å². The van der Waals surface area contributed by atoms with Crippen LogP contribution in [0.15, 0.2) is 16.6 Å². The van der Waals surface area contributed by atoms with Crippen molar-refractivity contribution >= 4 is 22.2 Å². The third-order valence-electron chi connectivity index (χ3n) is 4.64. The molecule has 2 fully saturated rings. The van der Waals surface area contributed by atoms with Crippen LogP contribution in [-0.2, 0) is 4.74 Å². The van der Waals surface area contributed by atoms with Gasteiger partial charge in [0, 0.05) is 17.3 Å². The molecule has 21 heavy (non-hydrogen) atoms. The molecule has 0 aromatic heterocycles. The maximum absolute atomic E-state index is 11.3. The van der Waals surface area contributed by atoms with E-state index < -0.39 is 0 Å². The normalized spacial score (nSPS) is 24.2. The summed E-state index contributed by atoms with van der Waals surface area (Å²) in [5, 5.41) is 0. The summed E-state index contributed by atoms with van der Waals surface area (Å²) in [4.78, 5) is 11.3. The third kappa shape index (κ3) is 3.16. The number of aldehydes is 1. The van der Waals surface area contributed by atoms with Crippen LogP contribution in [-0.4, -0.2) is 24.6 Å². The van der Waals surface area contributed by atoms with E-state index in [1.165, 1.54) is 12.8 Å². The van der Waals surface area contributed by atoms with Gasteiger partial charge in [-0.1, -0.05) is 28.8 Å². The fourth-order valence-corrected chi connectivity index (χ4v) is 4.21. The molecule has 2 aliphatic rings. The first-order valence-corrected chi connectivity index (χ1v) is 8.47. The second-order valence-corrected chi connectivity index (χ2v) is 7.15. The van der Waals surface area contributed by atoms with Gasteiger partial charge in [0.25, 0.3) is 0 Å². The van der Waals surface area contributed by atoms with Crippen molar-refractivity contribution < 1.29 is 14.3 Å². The van der Waals surface area contributed by atoms with Crippen molar-refractivity contribution in [3.05, 3.63) is 27.7 Å². The second-order valence-electron chi connectivity index (χ2n) is 6.23. The molecule has 3 nitrogen and oxygen atoms in total. The number of carbonyl (C=O) groups is 1. The predicted molar refractivity (Wildman–Crippen MR) is 85.1 cm³/mol. The fourth-order valence-electron chi connectivity index (χ4n) is 3.62. The number of rotatable bonds is 3. The molecule has 1 aromatic rings. The number of halogens is 1. The quantitative estimate of drug-likeness (QED) is 0.754. The van der Waals surface area contributed by atoms with Gasteiger partial charge < -0.3 is 9.47 Å². The zero-order chi connectivity index (χ0) is 14.9. The molecule has 114 valence electrons. The minimum Gasteiger partial charge on any atom is -0.489 e. The number of hydrogen-bond donors (Lipinski definition) is 0. The molecule has 1 unspecified atom stereocenters. The highest BCUT2D eigenvalue weighted by atomic mass is 79.9. The van der Waals surface area contributed by atoms with Crippen LogP contribution in [0.2, 0.25) is 0 Å². The van der Waals surface area contributed by atoms with Crippen LogP contribution in [0.3, 0.4) is 0 Å². The number of benzene rings is 1. The smallest absolute Gasteiger partial charge is 0.153 e. The Kier molecular flexibility index (Phi) is 4.36. The van der Waals surface area contributed by atoms with Crippen molar-refractivity contribution in [2.24, 2.45) is 0 Å².